The monoisotopic (exact) mass is 426 g/mol. The molecule has 2 aromatic carbocycles. The maximum Gasteiger partial charge on any atom is 0.275 e. The zero-order valence-electron chi connectivity index (χ0n) is 11.5. The third-order valence-corrected chi connectivity index (χ3v) is 3.81. The molecule has 0 aliphatic carbocycles. The van der Waals surface area contributed by atoms with E-state index in [4.69, 9.17) is 4.74 Å². The molecule has 0 spiro atoms. The SMILES string of the molecule is COc1c(Br)cc(Br)cc1/C=N\NC(=O)c1ccccc1O. The first-order chi connectivity index (χ1) is 10.5. The van der Waals surface area contributed by atoms with Crippen molar-refractivity contribution in [3.05, 3.63) is 56.5 Å². The summed E-state index contributed by atoms with van der Waals surface area (Å²) in [7, 11) is 1.55. The van der Waals surface area contributed by atoms with Gasteiger partial charge < -0.3 is 9.84 Å². The molecule has 0 radical (unpaired) electrons. The fourth-order valence-corrected chi connectivity index (χ4v) is 3.20. The van der Waals surface area contributed by atoms with E-state index in [-0.39, 0.29) is 11.3 Å². The largest absolute Gasteiger partial charge is 0.507 e. The lowest BCUT2D eigenvalue weighted by atomic mass is 10.2. The first-order valence-corrected chi connectivity index (χ1v) is 7.76. The van der Waals surface area contributed by atoms with Crippen molar-refractivity contribution in [1.82, 2.24) is 5.43 Å². The minimum Gasteiger partial charge on any atom is -0.507 e. The van der Waals surface area contributed by atoms with Gasteiger partial charge in [0, 0.05) is 10.0 Å². The van der Waals surface area contributed by atoms with Gasteiger partial charge in [0.15, 0.2) is 0 Å². The van der Waals surface area contributed by atoms with Gasteiger partial charge in [0.25, 0.3) is 5.91 Å². The number of rotatable bonds is 4. The van der Waals surface area contributed by atoms with Gasteiger partial charge in [-0.05, 0) is 40.2 Å². The molecule has 0 heterocycles. The summed E-state index contributed by atoms with van der Waals surface area (Å²) in [4.78, 5) is 11.9. The molecule has 0 saturated heterocycles. The normalized spacial score (nSPS) is 10.7. The number of halogens is 2. The lowest BCUT2D eigenvalue weighted by Gasteiger charge is -2.08. The number of nitrogens with one attached hydrogen (secondary N) is 1. The average Bonchev–Trinajstić information content (AvgIpc) is 2.47. The Kier molecular flexibility index (Phi) is 5.57. The Morgan fingerprint density at radius 2 is 2.05 bits per heavy atom. The molecule has 0 aliphatic heterocycles. The Balaban J connectivity index is 2.17. The summed E-state index contributed by atoms with van der Waals surface area (Å²) < 4.78 is 6.88. The maximum atomic E-state index is 11.9. The van der Waals surface area contributed by atoms with Crippen molar-refractivity contribution >= 4 is 44.0 Å². The average molecular weight is 428 g/mol. The van der Waals surface area contributed by atoms with Crippen LogP contribution in [0.3, 0.4) is 0 Å². The fourth-order valence-electron chi connectivity index (χ4n) is 1.78. The number of carbonyl (C=O) groups excluding carboxylic acids is 1. The van der Waals surface area contributed by atoms with Gasteiger partial charge in [0.05, 0.1) is 23.4 Å². The third kappa shape index (κ3) is 3.86. The molecule has 114 valence electrons. The molecular weight excluding hydrogens is 416 g/mol. The molecule has 0 aliphatic rings. The quantitative estimate of drug-likeness (QED) is 0.577. The number of nitrogens with zero attached hydrogens (tertiary/aromatic N) is 1. The number of phenolic OH excluding ortho intramolecular Hbond substituents is 1. The Morgan fingerprint density at radius 1 is 1.32 bits per heavy atom. The lowest BCUT2D eigenvalue weighted by molar-refractivity contribution is 0.0952. The predicted molar refractivity (Wildman–Crippen MR) is 91.6 cm³/mol. The topological polar surface area (TPSA) is 70.9 Å². The van der Waals surface area contributed by atoms with E-state index in [1.807, 2.05) is 6.07 Å². The van der Waals surface area contributed by atoms with Crippen molar-refractivity contribution in [2.75, 3.05) is 7.11 Å². The van der Waals surface area contributed by atoms with Crippen LogP contribution in [0.2, 0.25) is 0 Å². The molecule has 5 nitrogen and oxygen atoms in total. The molecule has 0 unspecified atom stereocenters. The number of carbonyl (C=O) groups is 1. The van der Waals surface area contributed by atoms with Crippen molar-refractivity contribution in [3.63, 3.8) is 0 Å². The summed E-state index contributed by atoms with van der Waals surface area (Å²) >= 11 is 6.76. The molecular formula is C15H12Br2N2O3. The molecule has 2 aromatic rings. The van der Waals surface area contributed by atoms with Crippen molar-refractivity contribution in [1.29, 1.82) is 0 Å². The van der Waals surface area contributed by atoms with E-state index in [0.717, 1.165) is 8.95 Å². The van der Waals surface area contributed by atoms with Crippen LogP contribution in [-0.4, -0.2) is 24.3 Å². The second-order valence-electron chi connectivity index (χ2n) is 4.23. The number of amides is 1. The number of aromatic hydroxyl groups is 1. The highest BCUT2D eigenvalue weighted by molar-refractivity contribution is 9.11. The van der Waals surface area contributed by atoms with Gasteiger partial charge in [-0.3, -0.25) is 4.79 Å². The molecule has 2 N–H and O–H groups in total. The number of phenols is 1. The van der Waals surface area contributed by atoms with Crippen LogP contribution in [0.15, 0.2) is 50.4 Å². The summed E-state index contributed by atoms with van der Waals surface area (Å²) in [6.07, 6.45) is 1.46. The number of methoxy groups -OCH3 is 1. The number of hydrogen-bond donors (Lipinski definition) is 2. The van der Waals surface area contributed by atoms with E-state index < -0.39 is 5.91 Å². The first kappa shape index (κ1) is 16.5. The van der Waals surface area contributed by atoms with Crippen molar-refractivity contribution in [2.24, 2.45) is 5.10 Å². The second-order valence-corrected chi connectivity index (χ2v) is 6.00. The van der Waals surface area contributed by atoms with Crippen LogP contribution in [0, 0.1) is 0 Å². The minimum atomic E-state index is -0.498. The number of benzene rings is 2. The highest BCUT2D eigenvalue weighted by Crippen LogP contribution is 2.31. The lowest BCUT2D eigenvalue weighted by Crippen LogP contribution is -2.17. The number of hydrazone groups is 1. The maximum absolute atomic E-state index is 11.9. The molecule has 0 atom stereocenters. The van der Waals surface area contributed by atoms with E-state index in [0.29, 0.717) is 11.3 Å². The highest BCUT2D eigenvalue weighted by Gasteiger charge is 2.10. The minimum absolute atomic E-state index is 0.0991. The van der Waals surface area contributed by atoms with Crippen LogP contribution in [-0.2, 0) is 0 Å². The van der Waals surface area contributed by atoms with Gasteiger partial charge >= 0.3 is 0 Å². The van der Waals surface area contributed by atoms with Crippen LogP contribution >= 0.6 is 31.9 Å². The van der Waals surface area contributed by atoms with Crippen LogP contribution in [0.25, 0.3) is 0 Å². The Hall–Kier alpha value is -1.86. The number of hydrogen-bond acceptors (Lipinski definition) is 4. The van der Waals surface area contributed by atoms with E-state index >= 15 is 0 Å². The smallest absolute Gasteiger partial charge is 0.275 e. The Labute approximate surface area is 144 Å². The summed E-state index contributed by atoms with van der Waals surface area (Å²) in [5.74, 6) is 0.00381. The molecule has 0 saturated carbocycles. The van der Waals surface area contributed by atoms with Crippen LogP contribution in [0.1, 0.15) is 15.9 Å². The number of ether oxygens (including phenoxy) is 1. The van der Waals surface area contributed by atoms with E-state index in [9.17, 15) is 9.90 Å². The van der Waals surface area contributed by atoms with Gasteiger partial charge in [-0.25, -0.2) is 5.43 Å². The Morgan fingerprint density at radius 3 is 2.73 bits per heavy atom. The van der Waals surface area contributed by atoms with Crippen molar-refractivity contribution in [3.8, 4) is 11.5 Å². The molecule has 7 heteroatoms. The van der Waals surface area contributed by atoms with E-state index in [1.165, 1.54) is 18.3 Å². The van der Waals surface area contributed by atoms with Gasteiger partial charge in [-0.15, -0.1) is 0 Å². The third-order valence-electron chi connectivity index (χ3n) is 2.76. The standard InChI is InChI=1S/C15H12Br2N2O3/c1-22-14-9(6-10(16)7-12(14)17)8-18-19-15(21)11-4-2-3-5-13(11)20/h2-8,20H,1H3,(H,19,21)/b18-8-. The van der Waals surface area contributed by atoms with Gasteiger partial charge in [0.1, 0.15) is 11.5 Å². The molecule has 0 bridgehead atoms. The van der Waals surface area contributed by atoms with Crippen LogP contribution < -0.4 is 10.2 Å². The van der Waals surface area contributed by atoms with Gasteiger partial charge in [-0.2, -0.15) is 5.10 Å². The Bertz CT molecular complexity index is 733. The molecule has 0 aromatic heterocycles. The zero-order valence-corrected chi connectivity index (χ0v) is 14.7. The molecule has 22 heavy (non-hydrogen) atoms. The molecule has 1 amide bonds. The summed E-state index contributed by atoms with van der Waals surface area (Å²) in [6.45, 7) is 0. The van der Waals surface area contributed by atoms with E-state index in [2.05, 4.69) is 42.4 Å². The predicted octanol–water partition coefficient (Wildman–Crippen LogP) is 3.69. The zero-order chi connectivity index (χ0) is 16.1. The molecule has 2 rings (SSSR count). The summed E-state index contributed by atoms with van der Waals surface area (Å²) in [5.41, 5.74) is 3.20. The van der Waals surface area contributed by atoms with Crippen LogP contribution in [0.5, 0.6) is 11.5 Å². The van der Waals surface area contributed by atoms with Crippen molar-refractivity contribution < 1.29 is 14.6 Å². The van der Waals surface area contributed by atoms with Gasteiger partial charge in [0.2, 0.25) is 0 Å². The fraction of sp³-hybridized carbons (Fsp3) is 0.0667. The van der Waals surface area contributed by atoms with Crippen LogP contribution in [0.4, 0.5) is 0 Å². The summed E-state index contributed by atoms with van der Waals surface area (Å²) in [5, 5.41) is 13.5. The van der Waals surface area contributed by atoms with E-state index in [1.54, 1.807) is 25.3 Å². The first-order valence-electron chi connectivity index (χ1n) is 6.17. The summed E-state index contributed by atoms with van der Waals surface area (Å²) in [6, 6.07) is 9.89. The highest BCUT2D eigenvalue weighted by atomic mass is 79.9. The van der Waals surface area contributed by atoms with Gasteiger partial charge in [-0.1, -0.05) is 28.1 Å². The van der Waals surface area contributed by atoms with Crippen molar-refractivity contribution in [2.45, 2.75) is 0 Å². The number of para-hydroxylation sites is 1. The molecule has 0 fully saturated rings. The second kappa shape index (κ2) is 7.42.